The molecule has 2 amide bonds. The highest BCUT2D eigenvalue weighted by molar-refractivity contribution is 6.05. The van der Waals surface area contributed by atoms with Crippen molar-refractivity contribution < 1.29 is 9.59 Å². The van der Waals surface area contributed by atoms with E-state index < -0.39 is 5.91 Å². The van der Waals surface area contributed by atoms with E-state index in [1.165, 1.54) is 6.20 Å². The normalized spacial score (nSPS) is 13.6. The van der Waals surface area contributed by atoms with E-state index in [1.54, 1.807) is 18.5 Å². The molecule has 0 atom stereocenters. The van der Waals surface area contributed by atoms with E-state index in [4.69, 9.17) is 5.73 Å². The number of nitrogens with zero attached hydrogens (tertiary/aromatic N) is 2. The molecular weight excluding hydrogens is 352 g/mol. The predicted octanol–water partition coefficient (Wildman–Crippen LogP) is 3.65. The quantitative estimate of drug-likeness (QED) is 0.714. The third-order valence-corrected chi connectivity index (χ3v) is 5.07. The van der Waals surface area contributed by atoms with Gasteiger partial charge in [-0.15, -0.1) is 0 Å². The second-order valence-electron chi connectivity index (χ2n) is 6.89. The molecule has 28 heavy (non-hydrogen) atoms. The maximum atomic E-state index is 12.5. The van der Waals surface area contributed by atoms with Gasteiger partial charge in [0.15, 0.2) is 0 Å². The van der Waals surface area contributed by atoms with Crippen LogP contribution in [0.3, 0.4) is 0 Å². The number of aromatic nitrogens is 2. The Balaban J connectivity index is 1.79. The zero-order chi connectivity index (χ0) is 19.5. The third-order valence-electron chi connectivity index (χ3n) is 5.07. The first-order valence-corrected chi connectivity index (χ1v) is 9.24. The van der Waals surface area contributed by atoms with Gasteiger partial charge < -0.3 is 11.1 Å². The number of carbonyl (C=O) groups is 2. The molecule has 0 aliphatic heterocycles. The Morgan fingerprint density at radius 2 is 1.75 bits per heavy atom. The fourth-order valence-corrected chi connectivity index (χ4v) is 3.31. The standard InChI is InChI=1S/C22H20N4O2/c23-20(27)18-9-10-25-21(26-22(28)15-7-4-8-15)19(18)17-11-16(12-24-13-17)14-5-2-1-3-6-14/h1-3,5-6,9-13,15H,4,7-8H2,(H2,23,27)(H,25,26,28). The number of carbonyl (C=O) groups excluding carboxylic acids is 2. The lowest BCUT2D eigenvalue weighted by atomic mass is 9.85. The topological polar surface area (TPSA) is 98.0 Å². The molecule has 4 rings (SSSR count). The van der Waals surface area contributed by atoms with Gasteiger partial charge >= 0.3 is 0 Å². The molecule has 6 heteroatoms. The monoisotopic (exact) mass is 372 g/mol. The zero-order valence-electron chi connectivity index (χ0n) is 15.3. The molecule has 0 radical (unpaired) electrons. The molecule has 0 unspecified atom stereocenters. The van der Waals surface area contributed by atoms with Crippen LogP contribution in [0.5, 0.6) is 0 Å². The van der Waals surface area contributed by atoms with Crippen LogP contribution in [0, 0.1) is 5.92 Å². The molecule has 1 aromatic carbocycles. The van der Waals surface area contributed by atoms with Gasteiger partial charge in [0.2, 0.25) is 11.8 Å². The number of primary amides is 1. The fraction of sp³-hybridized carbons (Fsp3) is 0.182. The number of hydrogen-bond acceptors (Lipinski definition) is 4. The number of rotatable bonds is 5. The second kappa shape index (κ2) is 7.60. The Morgan fingerprint density at radius 1 is 1.00 bits per heavy atom. The zero-order valence-corrected chi connectivity index (χ0v) is 15.3. The Kier molecular flexibility index (Phi) is 4.85. The minimum Gasteiger partial charge on any atom is -0.366 e. The average molecular weight is 372 g/mol. The van der Waals surface area contributed by atoms with E-state index in [2.05, 4.69) is 15.3 Å². The van der Waals surface area contributed by atoms with Gasteiger partial charge in [0.1, 0.15) is 5.82 Å². The smallest absolute Gasteiger partial charge is 0.249 e. The van der Waals surface area contributed by atoms with Crippen molar-refractivity contribution in [2.24, 2.45) is 11.7 Å². The van der Waals surface area contributed by atoms with Crippen LogP contribution in [-0.4, -0.2) is 21.8 Å². The maximum absolute atomic E-state index is 12.5. The Bertz CT molecular complexity index is 1030. The second-order valence-corrected chi connectivity index (χ2v) is 6.89. The van der Waals surface area contributed by atoms with Crippen molar-refractivity contribution >= 4 is 17.6 Å². The van der Waals surface area contributed by atoms with Gasteiger partial charge in [0.25, 0.3) is 0 Å². The first-order chi connectivity index (χ1) is 13.6. The van der Waals surface area contributed by atoms with Gasteiger partial charge in [-0.1, -0.05) is 36.8 Å². The minimum atomic E-state index is -0.582. The number of nitrogens with one attached hydrogen (secondary N) is 1. The Hall–Kier alpha value is -3.54. The van der Waals surface area contributed by atoms with Gasteiger partial charge in [-0.25, -0.2) is 4.98 Å². The summed E-state index contributed by atoms with van der Waals surface area (Å²) in [6.07, 6.45) is 7.70. The molecule has 1 aliphatic carbocycles. The average Bonchev–Trinajstić information content (AvgIpc) is 2.67. The summed E-state index contributed by atoms with van der Waals surface area (Å²) in [4.78, 5) is 33.2. The van der Waals surface area contributed by atoms with Gasteiger partial charge in [0.05, 0.1) is 5.56 Å². The number of hydrogen-bond donors (Lipinski definition) is 2. The van der Waals surface area contributed by atoms with Crippen molar-refractivity contribution in [2.45, 2.75) is 19.3 Å². The number of nitrogens with two attached hydrogens (primary N) is 1. The van der Waals surface area contributed by atoms with Crippen LogP contribution in [0.15, 0.2) is 61.1 Å². The lowest BCUT2D eigenvalue weighted by Crippen LogP contribution is -2.29. The van der Waals surface area contributed by atoms with Gasteiger partial charge in [-0.05, 0) is 30.5 Å². The Labute approximate surface area is 162 Å². The van der Waals surface area contributed by atoms with E-state index in [-0.39, 0.29) is 11.8 Å². The number of amides is 2. The molecule has 3 N–H and O–H groups in total. The lowest BCUT2D eigenvalue weighted by Gasteiger charge is -2.24. The summed E-state index contributed by atoms with van der Waals surface area (Å²) < 4.78 is 0. The van der Waals surface area contributed by atoms with Gasteiger partial charge in [-0.2, -0.15) is 0 Å². The molecule has 2 heterocycles. The largest absolute Gasteiger partial charge is 0.366 e. The molecule has 6 nitrogen and oxygen atoms in total. The van der Waals surface area contributed by atoms with Crippen molar-refractivity contribution in [3.05, 3.63) is 66.6 Å². The van der Waals surface area contributed by atoms with E-state index in [0.717, 1.165) is 30.4 Å². The van der Waals surface area contributed by atoms with Crippen LogP contribution in [0.4, 0.5) is 5.82 Å². The van der Waals surface area contributed by atoms with Crippen LogP contribution >= 0.6 is 0 Å². The molecule has 0 spiro atoms. The van der Waals surface area contributed by atoms with Gasteiger partial charge in [-0.3, -0.25) is 14.6 Å². The van der Waals surface area contributed by atoms with Crippen molar-refractivity contribution in [3.63, 3.8) is 0 Å². The molecule has 1 aliphatic rings. The van der Waals surface area contributed by atoms with Crippen molar-refractivity contribution in [1.29, 1.82) is 0 Å². The highest BCUT2D eigenvalue weighted by Gasteiger charge is 2.27. The summed E-state index contributed by atoms with van der Waals surface area (Å²) in [6, 6.07) is 13.3. The van der Waals surface area contributed by atoms with E-state index in [1.807, 2.05) is 36.4 Å². The molecule has 1 fully saturated rings. The van der Waals surface area contributed by atoms with E-state index >= 15 is 0 Å². The van der Waals surface area contributed by atoms with E-state index in [9.17, 15) is 9.59 Å². The summed E-state index contributed by atoms with van der Waals surface area (Å²) in [6.45, 7) is 0. The van der Waals surface area contributed by atoms with Crippen molar-refractivity contribution in [1.82, 2.24) is 9.97 Å². The molecule has 0 bridgehead atoms. The van der Waals surface area contributed by atoms with Crippen molar-refractivity contribution in [2.75, 3.05) is 5.32 Å². The maximum Gasteiger partial charge on any atom is 0.249 e. The van der Waals surface area contributed by atoms with Crippen LogP contribution in [0.2, 0.25) is 0 Å². The van der Waals surface area contributed by atoms with Crippen molar-refractivity contribution in [3.8, 4) is 22.3 Å². The first kappa shape index (κ1) is 17.9. The third kappa shape index (κ3) is 3.49. The SMILES string of the molecule is NC(=O)c1ccnc(NC(=O)C2CCC2)c1-c1cncc(-c2ccccc2)c1. The summed E-state index contributed by atoms with van der Waals surface area (Å²) in [5.74, 6) is -0.323. The highest BCUT2D eigenvalue weighted by atomic mass is 16.2. The molecule has 3 aromatic rings. The van der Waals surface area contributed by atoms with Crippen LogP contribution in [0.1, 0.15) is 29.6 Å². The van der Waals surface area contributed by atoms with E-state index in [0.29, 0.717) is 22.5 Å². The fourth-order valence-electron chi connectivity index (χ4n) is 3.31. The summed E-state index contributed by atoms with van der Waals surface area (Å²) in [7, 11) is 0. The summed E-state index contributed by atoms with van der Waals surface area (Å²) in [5.41, 5.74) is 8.96. The minimum absolute atomic E-state index is 0.000613. The first-order valence-electron chi connectivity index (χ1n) is 9.24. The predicted molar refractivity (Wildman–Crippen MR) is 107 cm³/mol. The molecule has 2 aromatic heterocycles. The molecule has 1 saturated carbocycles. The molecule has 0 saturated heterocycles. The Morgan fingerprint density at radius 3 is 2.43 bits per heavy atom. The van der Waals surface area contributed by atoms with Crippen LogP contribution in [-0.2, 0) is 4.79 Å². The highest BCUT2D eigenvalue weighted by Crippen LogP contribution is 2.34. The number of pyridine rings is 2. The van der Waals surface area contributed by atoms with Crippen LogP contribution < -0.4 is 11.1 Å². The summed E-state index contributed by atoms with van der Waals surface area (Å²) in [5, 5.41) is 2.88. The van der Waals surface area contributed by atoms with Crippen LogP contribution in [0.25, 0.3) is 22.3 Å². The molecular formula is C22H20N4O2. The molecule has 140 valence electrons. The number of benzene rings is 1. The number of anilines is 1. The van der Waals surface area contributed by atoms with Gasteiger partial charge in [0, 0.05) is 41.2 Å². The summed E-state index contributed by atoms with van der Waals surface area (Å²) >= 11 is 0. The lowest BCUT2D eigenvalue weighted by molar-refractivity contribution is -0.122.